The van der Waals surface area contributed by atoms with Crippen LogP contribution in [0.25, 0.3) is 21.5 Å². The molecule has 124 valence electrons. The number of rotatable bonds is 4. The summed E-state index contributed by atoms with van der Waals surface area (Å²) in [6, 6.07) is 20.7. The first-order valence-corrected chi connectivity index (χ1v) is 9.23. The Hall–Kier alpha value is -1.90. The van der Waals surface area contributed by atoms with Gasteiger partial charge in [-0.3, -0.25) is 4.90 Å². The molecule has 0 bridgehead atoms. The lowest BCUT2D eigenvalue weighted by molar-refractivity contribution is 0.166. The third kappa shape index (κ3) is 2.81. The van der Waals surface area contributed by atoms with Gasteiger partial charge in [-0.15, -0.1) is 0 Å². The van der Waals surface area contributed by atoms with Gasteiger partial charge in [0.05, 0.1) is 0 Å². The standard InChI is InChI=1S/C22H26N2/c1-2-7-22(24-14-12-23-13-15-24)21-16-17-8-3-4-9-18(17)19-10-5-6-11-20(19)21/h3-6,8-11,16,22-23H,2,7,12-15H2,1H3/t22-/m1/s1. The maximum Gasteiger partial charge on any atom is 0.0355 e. The Labute approximate surface area is 144 Å². The predicted molar refractivity (Wildman–Crippen MR) is 104 cm³/mol. The Bertz CT molecular complexity index is 834. The Balaban J connectivity index is 1.91. The lowest BCUT2D eigenvalue weighted by atomic mass is 9.90. The summed E-state index contributed by atoms with van der Waals surface area (Å²) in [7, 11) is 0. The summed E-state index contributed by atoms with van der Waals surface area (Å²) < 4.78 is 0. The van der Waals surface area contributed by atoms with Gasteiger partial charge in [0.2, 0.25) is 0 Å². The molecular weight excluding hydrogens is 292 g/mol. The van der Waals surface area contributed by atoms with Crippen LogP contribution in [0.15, 0.2) is 54.6 Å². The highest BCUT2D eigenvalue weighted by molar-refractivity contribution is 6.09. The maximum atomic E-state index is 3.49. The van der Waals surface area contributed by atoms with Crippen LogP contribution in [0, 0.1) is 0 Å². The molecule has 1 N–H and O–H groups in total. The van der Waals surface area contributed by atoms with Crippen LogP contribution in [-0.4, -0.2) is 31.1 Å². The smallest absolute Gasteiger partial charge is 0.0355 e. The predicted octanol–water partition coefficient (Wildman–Crippen LogP) is 4.74. The fraction of sp³-hybridized carbons (Fsp3) is 0.364. The minimum atomic E-state index is 0.520. The van der Waals surface area contributed by atoms with E-state index in [2.05, 4.69) is 71.7 Å². The van der Waals surface area contributed by atoms with Crippen LogP contribution < -0.4 is 5.32 Å². The monoisotopic (exact) mass is 318 g/mol. The van der Waals surface area contributed by atoms with Gasteiger partial charge in [-0.25, -0.2) is 0 Å². The molecule has 0 amide bonds. The lowest BCUT2D eigenvalue weighted by Gasteiger charge is -2.36. The molecule has 2 heteroatoms. The summed E-state index contributed by atoms with van der Waals surface area (Å²) in [4.78, 5) is 2.68. The minimum absolute atomic E-state index is 0.520. The van der Waals surface area contributed by atoms with E-state index in [0.717, 1.165) is 26.2 Å². The van der Waals surface area contributed by atoms with Crippen LogP contribution in [0.3, 0.4) is 0 Å². The van der Waals surface area contributed by atoms with Crippen LogP contribution in [0.2, 0.25) is 0 Å². The number of hydrogen-bond acceptors (Lipinski definition) is 2. The van der Waals surface area contributed by atoms with Crippen molar-refractivity contribution < 1.29 is 0 Å². The number of nitrogens with one attached hydrogen (secondary N) is 1. The molecule has 4 rings (SSSR count). The van der Waals surface area contributed by atoms with Gasteiger partial charge in [-0.2, -0.15) is 0 Å². The van der Waals surface area contributed by atoms with Gasteiger partial charge in [0.1, 0.15) is 0 Å². The normalized spacial score (nSPS) is 17.4. The number of piperazine rings is 1. The van der Waals surface area contributed by atoms with E-state index in [1.165, 1.54) is 39.9 Å². The van der Waals surface area contributed by atoms with Crippen molar-refractivity contribution in [1.29, 1.82) is 0 Å². The van der Waals surface area contributed by atoms with Crippen molar-refractivity contribution >= 4 is 21.5 Å². The average Bonchev–Trinajstić information content (AvgIpc) is 2.66. The molecule has 0 aromatic heterocycles. The van der Waals surface area contributed by atoms with E-state index in [1.54, 1.807) is 0 Å². The highest BCUT2D eigenvalue weighted by Gasteiger charge is 2.23. The molecule has 0 spiro atoms. The van der Waals surface area contributed by atoms with E-state index in [9.17, 15) is 0 Å². The zero-order chi connectivity index (χ0) is 16.4. The Kier molecular flexibility index (Phi) is 4.50. The van der Waals surface area contributed by atoms with E-state index in [0.29, 0.717) is 6.04 Å². The van der Waals surface area contributed by atoms with Gasteiger partial charge in [0.25, 0.3) is 0 Å². The Morgan fingerprint density at radius 1 is 0.917 bits per heavy atom. The number of hydrogen-bond donors (Lipinski definition) is 1. The topological polar surface area (TPSA) is 15.3 Å². The van der Waals surface area contributed by atoms with Crippen LogP contribution in [0.4, 0.5) is 0 Å². The molecule has 2 nitrogen and oxygen atoms in total. The van der Waals surface area contributed by atoms with Gasteiger partial charge in [0, 0.05) is 32.2 Å². The zero-order valence-corrected chi connectivity index (χ0v) is 14.5. The summed E-state index contributed by atoms with van der Waals surface area (Å²) in [5.41, 5.74) is 1.51. The maximum absolute atomic E-state index is 3.49. The summed E-state index contributed by atoms with van der Waals surface area (Å²) >= 11 is 0. The highest BCUT2D eigenvalue weighted by atomic mass is 15.2. The fourth-order valence-electron chi connectivity index (χ4n) is 4.16. The lowest BCUT2D eigenvalue weighted by Crippen LogP contribution is -2.45. The van der Waals surface area contributed by atoms with Gasteiger partial charge < -0.3 is 5.32 Å². The third-order valence-corrected chi connectivity index (χ3v) is 5.31. The van der Waals surface area contributed by atoms with Gasteiger partial charge in [-0.05, 0) is 39.6 Å². The van der Waals surface area contributed by atoms with Crippen LogP contribution in [0.1, 0.15) is 31.4 Å². The molecule has 0 radical (unpaired) electrons. The molecule has 0 aliphatic carbocycles. The molecule has 1 aliphatic rings. The number of benzene rings is 3. The Morgan fingerprint density at radius 3 is 2.33 bits per heavy atom. The molecule has 1 fully saturated rings. The summed E-state index contributed by atoms with van der Waals surface area (Å²) in [6.45, 7) is 6.80. The van der Waals surface area contributed by atoms with Gasteiger partial charge in [0.15, 0.2) is 0 Å². The molecule has 1 heterocycles. The molecule has 0 unspecified atom stereocenters. The van der Waals surface area contributed by atoms with Crippen LogP contribution >= 0.6 is 0 Å². The summed E-state index contributed by atoms with van der Waals surface area (Å²) in [5.74, 6) is 0. The van der Waals surface area contributed by atoms with E-state index < -0.39 is 0 Å². The molecule has 1 atom stereocenters. The molecule has 0 saturated carbocycles. The van der Waals surface area contributed by atoms with Crippen molar-refractivity contribution in [3.8, 4) is 0 Å². The fourth-order valence-corrected chi connectivity index (χ4v) is 4.16. The highest BCUT2D eigenvalue weighted by Crippen LogP contribution is 2.36. The van der Waals surface area contributed by atoms with E-state index in [4.69, 9.17) is 0 Å². The number of nitrogens with zero attached hydrogens (tertiary/aromatic N) is 1. The first-order valence-electron chi connectivity index (χ1n) is 9.23. The molecule has 24 heavy (non-hydrogen) atoms. The molecule has 3 aromatic rings. The Morgan fingerprint density at radius 2 is 1.58 bits per heavy atom. The van der Waals surface area contributed by atoms with Gasteiger partial charge in [-0.1, -0.05) is 61.9 Å². The largest absolute Gasteiger partial charge is 0.314 e. The van der Waals surface area contributed by atoms with E-state index in [-0.39, 0.29) is 0 Å². The van der Waals surface area contributed by atoms with Gasteiger partial charge >= 0.3 is 0 Å². The van der Waals surface area contributed by atoms with Crippen molar-refractivity contribution in [1.82, 2.24) is 10.2 Å². The second-order valence-electron chi connectivity index (χ2n) is 6.82. The van der Waals surface area contributed by atoms with E-state index in [1.807, 2.05) is 0 Å². The van der Waals surface area contributed by atoms with E-state index >= 15 is 0 Å². The zero-order valence-electron chi connectivity index (χ0n) is 14.5. The SMILES string of the molecule is CCC[C@H](c1cc2ccccc2c2ccccc12)N1CCNCC1. The second-order valence-corrected chi connectivity index (χ2v) is 6.82. The quantitative estimate of drug-likeness (QED) is 0.699. The van der Waals surface area contributed by atoms with Crippen LogP contribution in [-0.2, 0) is 0 Å². The second kappa shape index (κ2) is 6.92. The first kappa shape index (κ1) is 15.6. The minimum Gasteiger partial charge on any atom is -0.314 e. The molecule has 1 saturated heterocycles. The van der Waals surface area contributed by atoms with Crippen molar-refractivity contribution in [2.24, 2.45) is 0 Å². The summed E-state index contributed by atoms with van der Waals surface area (Å²) in [6.07, 6.45) is 2.44. The first-order chi connectivity index (χ1) is 11.9. The molecule has 1 aliphatic heterocycles. The van der Waals surface area contributed by atoms with Crippen molar-refractivity contribution in [3.05, 3.63) is 60.2 Å². The average molecular weight is 318 g/mol. The summed E-state index contributed by atoms with van der Waals surface area (Å²) in [5, 5.41) is 9.03. The molecular formula is C22H26N2. The van der Waals surface area contributed by atoms with Crippen molar-refractivity contribution in [2.75, 3.05) is 26.2 Å². The number of fused-ring (bicyclic) bond motifs is 3. The third-order valence-electron chi connectivity index (χ3n) is 5.31. The van der Waals surface area contributed by atoms with Crippen LogP contribution in [0.5, 0.6) is 0 Å². The molecule has 3 aromatic carbocycles. The van der Waals surface area contributed by atoms with Crippen molar-refractivity contribution in [2.45, 2.75) is 25.8 Å². The van der Waals surface area contributed by atoms with Crippen molar-refractivity contribution in [3.63, 3.8) is 0 Å².